The van der Waals surface area contributed by atoms with Crippen molar-refractivity contribution in [1.82, 2.24) is 19.3 Å². The zero-order valence-electron chi connectivity index (χ0n) is 11.6. The van der Waals surface area contributed by atoms with E-state index in [1.807, 2.05) is 10.6 Å². The number of ether oxygens (including phenoxy) is 1. The summed E-state index contributed by atoms with van der Waals surface area (Å²) in [5.41, 5.74) is 6.67. The van der Waals surface area contributed by atoms with Crippen LogP contribution in [0, 0.1) is 0 Å². The number of amides is 1. The van der Waals surface area contributed by atoms with Crippen molar-refractivity contribution in [3.8, 4) is 0 Å². The number of carbonyl (C=O) groups excluding carboxylic acids is 1. The molecule has 0 spiro atoms. The van der Waals surface area contributed by atoms with Gasteiger partial charge in [-0.1, -0.05) is 6.92 Å². The zero-order chi connectivity index (χ0) is 15.0. The number of cyclic esters (lactones) is 1. The van der Waals surface area contributed by atoms with Crippen LogP contribution in [-0.2, 0) is 4.74 Å². The number of aromatic nitrogens is 3. The number of imidazole rings is 1. The van der Waals surface area contributed by atoms with Crippen LogP contribution < -0.4 is 5.73 Å². The molecule has 1 aliphatic heterocycles. The van der Waals surface area contributed by atoms with Gasteiger partial charge in [-0.05, 0) is 22.4 Å². The lowest BCUT2D eigenvalue weighted by Gasteiger charge is -2.20. The van der Waals surface area contributed by atoms with E-state index in [0.717, 1.165) is 17.8 Å². The van der Waals surface area contributed by atoms with Gasteiger partial charge in [0.2, 0.25) is 0 Å². The maximum absolute atomic E-state index is 11.6. The van der Waals surface area contributed by atoms with Crippen LogP contribution in [0.15, 0.2) is 17.0 Å². The smallest absolute Gasteiger partial charge is 0.409 e. The monoisotopic (exact) mass is 353 g/mol. The molecule has 1 atom stereocenters. The van der Waals surface area contributed by atoms with Crippen molar-refractivity contribution in [3.05, 3.63) is 22.8 Å². The van der Waals surface area contributed by atoms with Crippen LogP contribution in [0.1, 0.15) is 25.1 Å². The summed E-state index contributed by atoms with van der Waals surface area (Å²) in [6.45, 7) is 3.75. The van der Waals surface area contributed by atoms with Crippen molar-refractivity contribution >= 4 is 33.4 Å². The molecule has 7 nitrogen and oxygen atoms in total. The van der Waals surface area contributed by atoms with Gasteiger partial charge in [-0.3, -0.25) is 4.40 Å². The normalized spacial score (nSPS) is 16.5. The number of fused-ring (bicyclic) bond motifs is 1. The Labute approximate surface area is 130 Å². The highest BCUT2D eigenvalue weighted by molar-refractivity contribution is 9.10. The molecule has 8 heteroatoms. The minimum atomic E-state index is -0.255. The van der Waals surface area contributed by atoms with Gasteiger partial charge in [-0.25, -0.2) is 14.8 Å². The molecule has 0 saturated carbocycles. The van der Waals surface area contributed by atoms with Gasteiger partial charge < -0.3 is 15.4 Å². The molecular formula is C13H16BrN5O2. The van der Waals surface area contributed by atoms with E-state index in [1.54, 1.807) is 11.1 Å². The van der Waals surface area contributed by atoms with Gasteiger partial charge >= 0.3 is 6.09 Å². The molecule has 1 amide bonds. The summed E-state index contributed by atoms with van der Waals surface area (Å²) >= 11 is 3.43. The Kier molecular flexibility index (Phi) is 3.71. The molecule has 0 bridgehead atoms. The summed E-state index contributed by atoms with van der Waals surface area (Å²) in [5, 5.41) is 0. The number of hydrogen-bond donors (Lipinski definition) is 1. The van der Waals surface area contributed by atoms with E-state index in [1.165, 1.54) is 0 Å². The quantitative estimate of drug-likeness (QED) is 0.908. The van der Waals surface area contributed by atoms with Crippen LogP contribution in [0.5, 0.6) is 0 Å². The third kappa shape index (κ3) is 2.44. The first-order valence-corrected chi connectivity index (χ1v) is 7.60. The summed E-state index contributed by atoms with van der Waals surface area (Å²) in [7, 11) is 0. The molecule has 0 aromatic carbocycles. The molecule has 3 heterocycles. The van der Waals surface area contributed by atoms with Gasteiger partial charge in [0.1, 0.15) is 22.6 Å². The van der Waals surface area contributed by atoms with Crippen LogP contribution in [0.2, 0.25) is 0 Å². The predicted molar refractivity (Wildman–Crippen MR) is 81.1 cm³/mol. The molecule has 1 fully saturated rings. The number of rotatable bonds is 4. The van der Waals surface area contributed by atoms with Crippen LogP contribution >= 0.6 is 15.9 Å². The van der Waals surface area contributed by atoms with E-state index >= 15 is 0 Å². The first-order chi connectivity index (χ1) is 10.1. The summed E-state index contributed by atoms with van der Waals surface area (Å²) in [6.07, 6.45) is 4.09. The molecule has 0 unspecified atom stereocenters. The Morgan fingerprint density at radius 2 is 2.38 bits per heavy atom. The van der Waals surface area contributed by atoms with Crippen LogP contribution in [0.25, 0.3) is 5.52 Å². The molecule has 3 rings (SSSR count). The second-order valence-electron chi connectivity index (χ2n) is 4.96. The minimum absolute atomic E-state index is 0.108. The second-order valence-corrected chi connectivity index (χ2v) is 5.71. The molecule has 2 aromatic rings. The van der Waals surface area contributed by atoms with Crippen molar-refractivity contribution in [2.75, 3.05) is 25.4 Å². The zero-order valence-corrected chi connectivity index (χ0v) is 13.2. The molecule has 21 heavy (non-hydrogen) atoms. The van der Waals surface area contributed by atoms with Gasteiger partial charge in [0, 0.05) is 24.9 Å². The lowest BCUT2D eigenvalue weighted by molar-refractivity contribution is 0.156. The van der Waals surface area contributed by atoms with Crippen molar-refractivity contribution in [1.29, 1.82) is 0 Å². The highest BCUT2D eigenvalue weighted by Gasteiger charge is 2.27. The minimum Gasteiger partial charge on any atom is -0.448 e. The standard InChI is InChI=1S/C13H16BrN5O2/c1-2-8(7-18-5-6-21-13(18)20)12-17-10(14)9-11(15)16-3-4-19(9)12/h3-4,8H,2,5-7H2,1H3,(H2,15,16)/t8-/m1/s1. The van der Waals surface area contributed by atoms with Crippen LogP contribution in [-0.4, -0.2) is 45.1 Å². The van der Waals surface area contributed by atoms with Crippen molar-refractivity contribution in [2.24, 2.45) is 0 Å². The molecule has 0 radical (unpaired) electrons. The Morgan fingerprint density at radius 3 is 3.05 bits per heavy atom. The first-order valence-electron chi connectivity index (χ1n) is 6.81. The van der Waals surface area contributed by atoms with Gasteiger partial charge in [0.15, 0.2) is 5.82 Å². The van der Waals surface area contributed by atoms with Crippen molar-refractivity contribution in [2.45, 2.75) is 19.3 Å². The highest BCUT2D eigenvalue weighted by Crippen LogP contribution is 2.29. The molecule has 1 saturated heterocycles. The van der Waals surface area contributed by atoms with E-state index in [2.05, 4.69) is 32.8 Å². The second kappa shape index (κ2) is 5.51. The molecule has 2 N–H and O–H groups in total. The Balaban J connectivity index is 1.97. The number of hydrogen-bond acceptors (Lipinski definition) is 5. The van der Waals surface area contributed by atoms with Crippen LogP contribution in [0.4, 0.5) is 10.6 Å². The van der Waals surface area contributed by atoms with Crippen LogP contribution in [0.3, 0.4) is 0 Å². The lowest BCUT2D eigenvalue weighted by atomic mass is 10.1. The van der Waals surface area contributed by atoms with Crippen molar-refractivity contribution in [3.63, 3.8) is 0 Å². The molecule has 1 aliphatic rings. The number of nitrogens with zero attached hydrogens (tertiary/aromatic N) is 4. The van der Waals surface area contributed by atoms with Crippen molar-refractivity contribution < 1.29 is 9.53 Å². The molecule has 2 aromatic heterocycles. The summed E-state index contributed by atoms with van der Waals surface area (Å²) < 4.78 is 7.58. The first kappa shape index (κ1) is 14.1. The number of nitrogens with two attached hydrogens (primary N) is 1. The van der Waals surface area contributed by atoms with Gasteiger partial charge in [0.25, 0.3) is 0 Å². The fraction of sp³-hybridized carbons (Fsp3) is 0.462. The van der Waals surface area contributed by atoms with E-state index < -0.39 is 0 Å². The van der Waals surface area contributed by atoms with E-state index in [-0.39, 0.29) is 12.0 Å². The molecular weight excluding hydrogens is 338 g/mol. The van der Waals surface area contributed by atoms with Gasteiger partial charge in [0.05, 0.1) is 6.54 Å². The van der Waals surface area contributed by atoms with Gasteiger partial charge in [-0.2, -0.15) is 0 Å². The SMILES string of the molecule is CC[C@H](CN1CCOC1=O)c1nc(Br)c2c(N)nccn12. The average molecular weight is 354 g/mol. The van der Waals surface area contributed by atoms with E-state index in [9.17, 15) is 4.79 Å². The summed E-state index contributed by atoms with van der Waals surface area (Å²) in [4.78, 5) is 22.0. The van der Waals surface area contributed by atoms with Gasteiger partial charge in [-0.15, -0.1) is 0 Å². The topological polar surface area (TPSA) is 85.8 Å². The number of halogens is 1. The highest BCUT2D eigenvalue weighted by atomic mass is 79.9. The Morgan fingerprint density at radius 1 is 1.57 bits per heavy atom. The van der Waals surface area contributed by atoms with E-state index in [0.29, 0.717) is 30.1 Å². The average Bonchev–Trinajstić information content (AvgIpc) is 3.01. The Hall–Kier alpha value is -1.83. The fourth-order valence-corrected chi connectivity index (χ4v) is 3.16. The maximum Gasteiger partial charge on any atom is 0.409 e. The molecule has 112 valence electrons. The number of nitrogen functional groups attached to an aromatic ring is 1. The third-order valence-corrected chi connectivity index (χ3v) is 4.26. The fourth-order valence-electron chi connectivity index (χ4n) is 2.58. The largest absolute Gasteiger partial charge is 0.448 e. The maximum atomic E-state index is 11.6. The molecule has 0 aliphatic carbocycles. The number of anilines is 1. The summed E-state index contributed by atoms with van der Waals surface area (Å²) in [6, 6.07) is 0. The Bertz CT molecular complexity index is 686. The lowest BCUT2D eigenvalue weighted by Crippen LogP contribution is -2.30. The number of carbonyl (C=O) groups is 1. The third-order valence-electron chi connectivity index (χ3n) is 3.71. The summed E-state index contributed by atoms with van der Waals surface area (Å²) in [5.74, 6) is 1.41. The predicted octanol–water partition coefficient (Wildman–Crippen LogP) is 2.02. The van der Waals surface area contributed by atoms with E-state index in [4.69, 9.17) is 10.5 Å².